The summed E-state index contributed by atoms with van der Waals surface area (Å²) in [7, 11) is 2.14. The molecule has 0 amide bonds. The summed E-state index contributed by atoms with van der Waals surface area (Å²) < 4.78 is 7.45. The standard InChI is InChI=1S/C19H24N8O2/c1-25-4-2-14(3-5-25)27-19-16(23-24-27)18(26-6-8-29-9-7-26)21-17(22-19)13-10-15(28)12-20-11-13/h10-12,14,28H,2-9H2,1H3. The van der Waals surface area contributed by atoms with Gasteiger partial charge in [-0.05, 0) is 39.0 Å². The summed E-state index contributed by atoms with van der Waals surface area (Å²) in [5.74, 6) is 1.36. The van der Waals surface area contributed by atoms with Crippen molar-refractivity contribution in [3.8, 4) is 17.1 Å². The molecule has 152 valence electrons. The molecule has 0 bridgehead atoms. The fourth-order valence-electron chi connectivity index (χ4n) is 3.98. The number of aromatic hydroxyl groups is 1. The van der Waals surface area contributed by atoms with E-state index in [-0.39, 0.29) is 11.8 Å². The summed E-state index contributed by atoms with van der Waals surface area (Å²) in [5, 5.41) is 18.8. The van der Waals surface area contributed by atoms with Crippen LogP contribution >= 0.6 is 0 Å². The molecule has 0 saturated carbocycles. The number of aromatic nitrogens is 6. The molecule has 2 fully saturated rings. The molecular formula is C19H24N8O2. The van der Waals surface area contributed by atoms with E-state index in [4.69, 9.17) is 14.7 Å². The first-order valence-corrected chi connectivity index (χ1v) is 9.97. The Balaban J connectivity index is 1.64. The highest BCUT2D eigenvalue weighted by molar-refractivity contribution is 5.85. The average Bonchev–Trinajstić information content (AvgIpc) is 3.18. The first-order valence-electron chi connectivity index (χ1n) is 9.97. The van der Waals surface area contributed by atoms with Gasteiger partial charge in [0.2, 0.25) is 0 Å². The van der Waals surface area contributed by atoms with E-state index in [1.54, 1.807) is 12.3 Å². The summed E-state index contributed by atoms with van der Waals surface area (Å²) in [6.07, 6.45) is 5.08. The zero-order valence-electron chi connectivity index (χ0n) is 16.4. The monoisotopic (exact) mass is 396 g/mol. The summed E-state index contributed by atoms with van der Waals surface area (Å²) in [6.45, 7) is 4.83. The van der Waals surface area contributed by atoms with Crippen LogP contribution in [0, 0.1) is 0 Å². The van der Waals surface area contributed by atoms with Gasteiger partial charge in [0.1, 0.15) is 5.75 Å². The van der Waals surface area contributed by atoms with E-state index in [9.17, 15) is 5.11 Å². The Morgan fingerprint density at radius 2 is 1.86 bits per heavy atom. The minimum atomic E-state index is 0.0843. The molecule has 5 rings (SSSR count). The number of anilines is 1. The minimum Gasteiger partial charge on any atom is -0.506 e. The lowest BCUT2D eigenvalue weighted by Gasteiger charge is -2.29. The Kier molecular flexibility index (Phi) is 4.72. The number of fused-ring (bicyclic) bond motifs is 1. The smallest absolute Gasteiger partial charge is 0.184 e. The number of hydrogen-bond acceptors (Lipinski definition) is 9. The average molecular weight is 396 g/mol. The molecule has 0 unspecified atom stereocenters. The van der Waals surface area contributed by atoms with E-state index in [1.807, 2.05) is 4.68 Å². The van der Waals surface area contributed by atoms with Crippen molar-refractivity contribution >= 4 is 17.0 Å². The highest BCUT2D eigenvalue weighted by Gasteiger charge is 2.26. The van der Waals surface area contributed by atoms with Gasteiger partial charge in [-0.15, -0.1) is 5.10 Å². The van der Waals surface area contributed by atoms with E-state index in [0.717, 1.165) is 50.5 Å². The van der Waals surface area contributed by atoms with Crippen molar-refractivity contribution in [1.82, 2.24) is 34.8 Å². The van der Waals surface area contributed by atoms with Gasteiger partial charge in [0.25, 0.3) is 0 Å². The Bertz CT molecular complexity index is 1010. The van der Waals surface area contributed by atoms with E-state index in [0.29, 0.717) is 30.1 Å². The lowest BCUT2D eigenvalue weighted by Crippen LogP contribution is -2.37. The molecule has 3 aromatic heterocycles. The van der Waals surface area contributed by atoms with Crippen molar-refractivity contribution in [2.45, 2.75) is 18.9 Å². The highest BCUT2D eigenvalue weighted by atomic mass is 16.5. The van der Waals surface area contributed by atoms with Crippen molar-refractivity contribution in [3.05, 3.63) is 18.5 Å². The number of morpholine rings is 1. The maximum absolute atomic E-state index is 9.87. The third-order valence-corrected chi connectivity index (χ3v) is 5.63. The summed E-state index contributed by atoms with van der Waals surface area (Å²) in [5.41, 5.74) is 2.11. The Labute approximate surface area is 168 Å². The lowest BCUT2D eigenvalue weighted by molar-refractivity contribution is 0.122. The minimum absolute atomic E-state index is 0.0843. The summed E-state index contributed by atoms with van der Waals surface area (Å²) >= 11 is 0. The highest BCUT2D eigenvalue weighted by Crippen LogP contribution is 2.30. The van der Waals surface area contributed by atoms with Gasteiger partial charge in [-0.2, -0.15) is 0 Å². The third-order valence-electron chi connectivity index (χ3n) is 5.63. The predicted molar refractivity (Wildman–Crippen MR) is 107 cm³/mol. The second-order valence-corrected chi connectivity index (χ2v) is 7.64. The van der Waals surface area contributed by atoms with Gasteiger partial charge in [-0.3, -0.25) is 4.98 Å². The van der Waals surface area contributed by atoms with Crippen LogP contribution < -0.4 is 4.90 Å². The van der Waals surface area contributed by atoms with Gasteiger partial charge in [0.15, 0.2) is 22.8 Å². The molecule has 1 N–H and O–H groups in total. The van der Waals surface area contributed by atoms with E-state index >= 15 is 0 Å². The maximum atomic E-state index is 9.87. The number of pyridine rings is 1. The SMILES string of the molecule is CN1CCC(n2nnc3c(N4CCOCC4)nc(-c4cncc(O)c4)nc32)CC1. The van der Waals surface area contributed by atoms with Gasteiger partial charge in [-0.25, -0.2) is 14.6 Å². The molecule has 0 aliphatic carbocycles. The van der Waals surface area contributed by atoms with Crippen LogP contribution in [0.3, 0.4) is 0 Å². The van der Waals surface area contributed by atoms with E-state index in [1.165, 1.54) is 6.20 Å². The van der Waals surface area contributed by atoms with Crippen LogP contribution in [0.4, 0.5) is 5.82 Å². The molecule has 10 nitrogen and oxygen atoms in total. The Hall–Kier alpha value is -2.85. The zero-order valence-corrected chi connectivity index (χ0v) is 16.4. The second kappa shape index (κ2) is 7.53. The van der Waals surface area contributed by atoms with Crippen LogP contribution in [0.5, 0.6) is 5.75 Å². The molecule has 2 aliphatic rings. The molecule has 2 aliphatic heterocycles. The third kappa shape index (κ3) is 3.49. The van der Waals surface area contributed by atoms with Crippen molar-refractivity contribution in [3.63, 3.8) is 0 Å². The first kappa shape index (κ1) is 18.2. The number of piperidine rings is 1. The van der Waals surface area contributed by atoms with Crippen LogP contribution in [0.1, 0.15) is 18.9 Å². The fraction of sp³-hybridized carbons (Fsp3) is 0.526. The Morgan fingerprint density at radius 1 is 1.07 bits per heavy atom. The van der Waals surface area contributed by atoms with Gasteiger partial charge < -0.3 is 19.6 Å². The summed E-state index contributed by atoms with van der Waals surface area (Å²) in [4.78, 5) is 18.2. The largest absolute Gasteiger partial charge is 0.506 e. The van der Waals surface area contributed by atoms with Crippen molar-refractivity contribution in [1.29, 1.82) is 0 Å². The van der Waals surface area contributed by atoms with Crippen LogP contribution in [-0.2, 0) is 4.74 Å². The molecule has 5 heterocycles. The van der Waals surface area contributed by atoms with Crippen LogP contribution in [-0.4, -0.2) is 86.4 Å². The molecule has 3 aromatic rings. The van der Waals surface area contributed by atoms with Crippen molar-refractivity contribution in [2.75, 3.05) is 51.3 Å². The van der Waals surface area contributed by atoms with E-state index < -0.39 is 0 Å². The van der Waals surface area contributed by atoms with Crippen LogP contribution in [0.15, 0.2) is 18.5 Å². The van der Waals surface area contributed by atoms with Gasteiger partial charge in [-0.1, -0.05) is 5.21 Å². The normalized spacial score (nSPS) is 19.1. The van der Waals surface area contributed by atoms with Gasteiger partial charge in [0, 0.05) is 24.8 Å². The van der Waals surface area contributed by atoms with Crippen LogP contribution in [0.25, 0.3) is 22.6 Å². The number of hydrogen-bond donors (Lipinski definition) is 1. The van der Waals surface area contributed by atoms with Crippen molar-refractivity contribution in [2.24, 2.45) is 0 Å². The number of ether oxygens (including phenoxy) is 1. The topological polar surface area (TPSA) is 105 Å². The molecule has 10 heteroatoms. The van der Waals surface area contributed by atoms with Gasteiger partial charge in [0.05, 0.1) is 25.5 Å². The molecule has 0 radical (unpaired) electrons. The molecule has 2 saturated heterocycles. The number of nitrogens with zero attached hydrogens (tertiary/aromatic N) is 8. The summed E-state index contributed by atoms with van der Waals surface area (Å²) in [6, 6.07) is 1.89. The predicted octanol–water partition coefficient (Wildman–Crippen LogP) is 1.09. The molecule has 0 aromatic carbocycles. The molecular weight excluding hydrogens is 372 g/mol. The lowest BCUT2D eigenvalue weighted by atomic mass is 10.1. The molecule has 29 heavy (non-hydrogen) atoms. The second-order valence-electron chi connectivity index (χ2n) is 7.64. The van der Waals surface area contributed by atoms with Crippen molar-refractivity contribution < 1.29 is 9.84 Å². The Morgan fingerprint density at radius 3 is 2.62 bits per heavy atom. The zero-order chi connectivity index (χ0) is 19.8. The first-order chi connectivity index (χ1) is 14.2. The van der Waals surface area contributed by atoms with Crippen LogP contribution in [0.2, 0.25) is 0 Å². The molecule has 0 spiro atoms. The maximum Gasteiger partial charge on any atom is 0.184 e. The number of rotatable bonds is 3. The number of likely N-dealkylation sites (tertiary alicyclic amines) is 1. The quantitative estimate of drug-likeness (QED) is 0.696. The van der Waals surface area contributed by atoms with Gasteiger partial charge >= 0.3 is 0 Å². The van der Waals surface area contributed by atoms with E-state index in [2.05, 4.69) is 32.1 Å². The fourth-order valence-corrected chi connectivity index (χ4v) is 3.98. The molecule has 0 atom stereocenters.